The van der Waals surface area contributed by atoms with E-state index in [1.165, 1.54) is 6.08 Å². The molecule has 0 saturated carbocycles. The van der Waals surface area contributed by atoms with Crippen molar-refractivity contribution in [3.8, 4) is 22.8 Å². The zero-order chi connectivity index (χ0) is 18.4. The Morgan fingerprint density at radius 3 is 2.19 bits per heavy atom. The molecular weight excluding hydrogens is 334 g/mol. The van der Waals surface area contributed by atoms with E-state index in [1.807, 2.05) is 24.3 Å². The molecule has 0 atom stereocenters. The van der Waals surface area contributed by atoms with Crippen LogP contribution in [-0.4, -0.2) is 30.4 Å². The van der Waals surface area contributed by atoms with Gasteiger partial charge >= 0.3 is 0 Å². The van der Waals surface area contributed by atoms with Crippen LogP contribution in [0.2, 0.25) is 0 Å². The molecule has 1 N–H and O–H groups in total. The highest BCUT2D eigenvalue weighted by atomic mass is 16.6. The summed E-state index contributed by atoms with van der Waals surface area (Å²) < 4.78 is 15.0. The Balaban J connectivity index is 1.69. The summed E-state index contributed by atoms with van der Waals surface area (Å²) >= 11 is 0. The van der Waals surface area contributed by atoms with Gasteiger partial charge < -0.3 is 14.8 Å². The fourth-order valence-electron chi connectivity index (χ4n) is 2.25. The highest BCUT2D eigenvalue weighted by Gasteiger charge is 2.14. The van der Waals surface area contributed by atoms with Crippen molar-refractivity contribution in [2.75, 3.05) is 19.5 Å². The summed E-state index contributed by atoms with van der Waals surface area (Å²) in [5.41, 5.74) is 2.06. The van der Waals surface area contributed by atoms with Crippen molar-refractivity contribution in [2.45, 2.75) is 0 Å². The van der Waals surface area contributed by atoms with Crippen LogP contribution in [0.5, 0.6) is 11.5 Å². The normalized spacial score (nSPS) is 10.7. The molecule has 0 saturated heterocycles. The molecule has 0 aliphatic carbocycles. The number of carbonyl (C=O) groups is 1. The van der Waals surface area contributed by atoms with Crippen LogP contribution in [0.15, 0.2) is 59.2 Å². The molecule has 0 fully saturated rings. The van der Waals surface area contributed by atoms with Crippen molar-refractivity contribution in [3.63, 3.8) is 0 Å². The summed E-state index contributed by atoms with van der Waals surface area (Å²) in [7, 11) is 3.19. The van der Waals surface area contributed by atoms with Crippen molar-refractivity contribution in [2.24, 2.45) is 0 Å². The summed E-state index contributed by atoms with van der Waals surface area (Å²) in [5, 5.41) is 10.3. The van der Waals surface area contributed by atoms with Gasteiger partial charge in [-0.1, -0.05) is 12.1 Å². The van der Waals surface area contributed by atoms with Gasteiger partial charge in [-0.3, -0.25) is 4.79 Å². The predicted octanol–water partition coefficient (Wildman–Crippen LogP) is 3.41. The molecule has 1 amide bonds. The number of amides is 1. The van der Waals surface area contributed by atoms with Gasteiger partial charge in [0.1, 0.15) is 11.5 Å². The Labute approximate surface area is 150 Å². The van der Waals surface area contributed by atoms with Crippen LogP contribution in [0.4, 0.5) is 5.82 Å². The molecule has 7 nitrogen and oxygen atoms in total. The summed E-state index contributed by atoms with van der Waals surface area (Å²) in [5.74, 6) is 1.38. The number of hydrogen-bond donors (Lipinski definition) is 1. The van der Waals surface area contributed by atoms with Gasteiger partial charge in [0.05, 0.1) is 14.2 Å². The third kappa shape index (κ3) is 4.07. The molecule has 132 valence electrons. The van der Waals surface area contributed by atoms with Crippen molar-refractivity contribution in [3.05, 3.63) is 60.2 Å². The third-order valence-electron chi connectivity index (χ3n) is 3.64. The molecule has 3 aromatic rings. The summed E-state index contributed by atoms with van der Waals surface area (Å²) in [6, 6.07) is 14.5. The van der Waals surface area contributed by atoms with Crippen molar-refractivity contribution in [1.29, 1.82) is 0 Å². The minimum Gasteiger partial charge on any atom is -0.497 e. The molecule has 7 heteroatoms. The number of carbonyl (C=O) groups excluding carboxylic acids is 1. The molecule has 0 bridgehead atoms. The largest absolute Gasteiger partial charge is 0.497 e. The summed E-state index contributed by atoms with van der Waals surface area (Å²) in [6.07, 6.45) is 3.10. The maximum absolute atomic E-state index is 12.1. The Hall–Kier alpha value is -3.61. The van der Waals surface area contributed by atoms with Crippen molar-refractivity contribution < 1.29 is 18.9 Å². The third-order valence-corrected chi connectivity index (χ3v) is 3.64. The van der Waals surface area contributed by atoms with E-state index >= 15 is 0 Å². The minimum atomic E-state index is -0.341. The van der Waals surface area contributed by atoms with E-state index in [1.54, 1.807) is 44.6 Å². The Bertz CT molecular complexity index is 899. The first kappa shape index (κ1) is 17.2. The van der Waals surface area contributed by atoms with Crippen LogP contribution < -0.4 is 14.8 Å². The zero-order valence-corrected chi connectivity index (χ0v) is 14.3. The van der Waals surface area contributed by atoms with Gasteiger partial charge in [-0.05, 0) is 58.4 Å². The number of methoxy groups -OCH3 is 2. The topological polar surface area (TPSA) is 86.5 Å². The second-order valence-electron chi connectivity index (χ2n) is 5.29. The van der Waals surface area contributed by atoms with E-state index in [9.17, 15) is 4.79 Å². The fourth-order valence-corrected chi connectivity index (χ4v) is 2.25. The van der Waals surface area contributed by atoms with E-state index in [2.05, 4.69) is 15.6 Å². The summed E-state index contributed by atoms with van der Waals surface area (Å²) in [6.45, 7) is 0. The van der Waals surface area contributed by atoms with Crippen LogP contribution in [0.3, 0.4) is 0 Å². The molecule has 0 spiro atoms. The fraction of sp³-hybridized carbons (Fsp3) is 0.105. The lowest BCUT2D eigenvalue weighted by Crippen LogP contribution is -2.09. The number of rotatable bonds is 6. The molecule has 0 aliphatic rings. The van der Waals surface area contributed by atoms with E-state index in [0.29, 0.717) is 5.69 Å². The Kier molecular flexibility index (Phi) is 5.28. The first-order valence-electron chi connectivity index (χ1n) is 7.79. The molecule has 0 aliphatic heterocycles. The average Bonchev–Trinajstić information content (AvgIpc) is 3.15. The SMILES string of the molecule is COc1ccc(/C=C/C(=O)Nc2nonc2-c2ccc(OC)cc2)cc1. The van der Waals surface area contributed by atoms with Crippen molar-refractivity contribution in [1.82, 2.24) is 10.3 Å². The lowest BCUT2D eigenvalue weighted by Gasteiger charge is -2.02. The molecule has 3 rings (SSSR count). The van der Waals surface area contributed by atoms with Gasteiger partial charge in [0.15, 0.2) is 5.69 Å². The maximum atomic E-state index is 12.1. The number of nitrogens with one attached hydrogen (secondary N) is 1. The van der Waals surface area contributed by atoms with Gasteiger partial charge in [-0.2, -0.15) is 0 Å². The second kappa shape index (κ2) is 7.98. The number of hydrogen-bond acceptors (Lipinski definition) is 6. The highest BCUT2D eigenvalue weighted by Crippen LogP contribution is 2.26. The van der Waals surface area contributed by atoms with E-state index in [0.717, 1.165) is 22.6 Å². The monoisotopic (exact) mass is 351 g/mol. The minimum absolute atomic E-state index is 0.250. The standard InChI is InChI=1S/C19H17N3O4/c1-24-15-8-3-13(4-9-15)5-12-17(23)20-19-18(21-26-22-19)14-6-10-16(25-2)11-7-14/h3-12H,1-2H3,(H,20,22,23)/b12-5+. The van der Waals surface area contributed by atoms with Gasteiger partial charge in [-0.25, -0.2) is 4.63 Å². The quantitative estimate of drug-likeness (QED) is 0.685. The number of benzene rings is 2. The Morgan fingerprint density at radius 1 is 0.962 bits per heavy atom. The van der Waals surface area contributed by atoms with Gasteiger partial charge in [0.25, 0.3) is 0 Å². The van der Waals surface area contributed by atoms with Gasteiger partial charge in [0.2, 0.25) is 11.7 Å². The van der Waals surface area contributed by atoms with Gasteiger partial charge in [-0.15, -0.1) is 0 Å². The van der Waals surface area contributed by atoms with Crippen LogP contribution in [-0.2, 0) is 4.79 Å². The van der Waals surface area contributed by atoms with Crippen LogP contribution in [0.1, 0.15) is 5.56 Å². The lowest BCUT2D eigenvalue weighted by molar-refractivity contribution is -0.111. The number of anilines is 1. The maximum Gasteiger partial charge on any atom is 0.249 e. The summed E-state index contributed by atoms with van der Waals surface area (Å²) in [4.78, 5) is 12.1. The molecule has 0 unspecified atom stereocenters. The molecular formula is C19H17N3O4. The van der Waals surface area contributed by atoms with Crippen LogP contribution in [0.25, 0.3) is 17.3 Å². The molecule has 0 radical (unpaired) electrons. The highest BCUT2D eigenvalue weighted by molar-refractivity contribution is 6.02. The zero-order valence-electron chi connectivity index (χ0n) is 14.3. The van der Waals surface area contributed by atoms with E-state index in [4.69, 9.17) is 14.1 Å². The van der Waals surface area contributed by atoms with Crippen LogP contribution in [0, 0.1) is 0 Å². The van der Waals surface area contributed by atoms with Crippen molar-refractivity contribution >= 4 is 17.8 Å². The molecule has 26 heavy (non-hydrogen) atoms. The molecule has 2 aromatic carbocycles. The predicted molar refractivity (Wildman–Crippen MR) is 96.9 cm³/mol. The number of nitrogens with zero attached hydrogens (tertiary/aromatic N) is 2. The smallest absolute Gasteiger partial charge is 0.249 e. The first-order valence-corrected chi connectivity index (χ1v) is 7.79. The van der Waals surface area contributed by atoms with E-state index in [-0.39, 0.29) is 11.7 Å². The first-order chi connectivity index (χ1) is 12.7. The lowest BCUT2D eigenvalue weighted by atomic mass is 10.1. The Morgan fingerprint density at radius 2 is 1.58 bits per heavy atom. The molecule has 1 aromatic heterocycles. The molecule has 1 heterocycles. The number of aromatic nitrogens is 2. The van der Waals surface area contributed by atoms with Gasteiger partial charge in [0, 0.05) is 11.6 Å². The number of ether oxygens (including phenoxy) is 2. The van der Waals surface area contributed by atoms with Crippen LogP contribution >= 0.6 is 0 Å². The average molecular weight is 351 g/mol. The van der Waals surface area contributed by atoms with E-state index < -0.39 is 0 Å². The second-order valence-corrected chi connectivity index (χ2v) is 5.29.